The Hall–Kier alpha value is -1.71. The number of nitrogens with one attached hydrogen (secondary N) is 1. The molecule has 0 fully saturated rings. The normalized spacial score (nSPS) is 14.7. The molecule has 0 atom stereocenters. The molecule has 4 heteroatoms. The van der Waals surface area contributed by atoms with Crippen molar-refractivity contribution in [3.63, 3.8) is 0 Å². The highest BCUT2D eigenvalue weighted by molar-refractivity contribution is 5.44. The van der Waals surface area contributed by atoms with Gasteiger partial charge in [0.05, 0.1) is 6.61 Å². The molecule has 17 heavy (non-hydrogen) atoms. The van der Waals surface area contributed by atoms with Crippen LogP contribution in [0.1, 0.15) is 12.8 Å². The van der Waals surface area contributed by atoms with E-state index in [0.29, 0.717) is 12.5 Å². The van der Waals surface area contributed by atoms with Crippen LogP contribution < -0.4 is 10.1 Å². The minimum Gasteiger partial charge on any atom is -0.477 e. The van der Waals surface area contributed by atoms with Gasteiger partial charge in [-0.25, -0.2) is 4.98 Å². The fraction of sp³-hybridized carbons (Fsp3) is 0.462. The Labute approximate surface area is 102 Å². The lowest BCUT2D eigenvalue weighted by atomic mass is 10.3. The zero-order valence-corrected chi connectivity index (χ0v) is 10.4. The maximum atomic E-state index is 5.64. The van der Waals surface area contributed by atoms with Crippen LogP contribution in [-0.2, 0) is 0 Å². The van der Waals surface area contributed by atoms with E-state index in [-0.39, 0.29) is 0 Å². The molecule has 4 nitrogen and oxygen atoms in total. The van der Waals surface area contributed by atoms with Crippen molar-refractivity contribution >= 4 is 5.69 Å². The quantitative estimate of drug-likeness (QED) is 0.845. The highest BCUT2D eigenvalue weighted by atomic mass is 16.5. The zero-order chi connectivity index (χ0) is 12.1. The molecule has 1 N–H and O–H groups in total. The lowest BCUT2D eigenvalue weighted by Crippen LogP contribution is -2.15. The van der Waals surface area contributed by atoms with Crippen molar-refractivity contribution in [2.24, 2.45) is 0 Å². The van der Waals surface area contributed by atoms with Crippen LogP contribution >= 0.6 is 0 Å². The van der Waals surface area contributed by atoms with E-state index in [9.17, 15) is 0 Å². The average Bonchev–Trinajstić information content (AvgIpc) is 2.76. The number of hydrogen-bond acceptors (Lipinski definition) is 4. The average molecular weight is 233 g/mol. The van der Waals surface area contributed by atoms with Crippen molar-refractivity contribution in [1.82, 2.24) is 9.88 Å². The van der Waals surface area contributed by atoms with E-state index in [4.69, 9.17) is 4.74 Å². The van der Waals surface area contributed by atoms with Crippen molar-refractivity contribution in [3.8, 4) is 5.88 Å². The first-order valence-corrected chi connectivity index (χ1v) is 5.96. The first kappa shape index (κ1) is 11.8. The minimum absolute atomic E-state index is 0.677. The van der Waals surface area contributed by atoms with Gasteiger partial charge in [-0.05, 0) is 12.5 Å². The molecule has 2 rings (SSSR count). The Balaban J connectivity index is 1.81. The van der Waals surface area contributed by atoms with Crippen molar-refractivity contribution in [2.75, 3.05) is 32.6 Å². The number of rotatable bonds is 5. The predicted octanol–water partition coefficient (Wildman–Crippen LogP) is 2.11. The lowest BCUT2D eigenvalue weighted by molar-refractivity contribution is 0.294. The molecule has 0 amide bonds. The number of ether oxygens (including phenoxy) is 1. The Bertz CT molecular complexity index is 403. The molecular weight excluding hydrogens is 214 g/mol. The molecule has 1 aromatic rings. The van der Waals surface area contributed by atoms with Gasteiger partial charge >= 0.3 is 0 Å². The fourth-order valence-corrected chi connectivity index (χ4v) is 1.92. The second-order valence-electron chi connectivity index (χ2n) is 4.14. The highest BCUT2D eigenvalue weighted by Crippen LogP contribution is 2.17. The summed E-state index contributed by atoms with van der Waals surface area (Å²) in [4.78, 5) is 6.45. The molecule has 0 radical (unpaired) electrons. The second kappa shape index (κ2) is 5.57. The molecule has 1 aliphatic heterocycles. The largest absolute Gasteiger partial charge is 0.477 e. The maximum absolute atomic E-state index is 5.64. The Morgan fingerprint density at radius 1 is 1.53 bits per heavy atom. The highest BCUT2D eigenvalue weighted by Gasteiger charge is 2.10. The van der Waals surface area contributed by atoms with Gasteiger partial charge in [-0.1, -0.05) is 6.08 Å². The van der Waals surface area contributed by atoms with E-state index in [0.717, 1.165) is 25.1 Å². The van der Waals surface area contributed by atoms with Crippen molar-refractivity contribution in [1.29, 1.82) is 0 Å². The number of hydrogen-bond donors (Lipinski definition) is 1. The van der Waals surface area contributed by atoms with Crippen LogP contribution in [0.3, 0.4) is 0 Å². The van der Waals surface area contributed by atoms with E-state index in [1.807, 2.05) is 19.2 Å². The van der Waals surface area contributed by atoms with Gasteiger partial charge < -0.3 is 15.0 Å². The van der Waals surface area contributed by atoms with Gasteiger partial charge in [0, 0.05) is 50.7 Å². The van der Waals surface area contributed by atoms with E-state index < -0.39 is 0 Å². The number of nitrogens with zero attached hydrogens (tertiary/aromatic N) is 2. The van der Waals surface area contributed by atoms with Crippen LogP contribution in [0, 0.1) is 0 Å². The van der Waals surface area contributed by atoms with E-state index in [1.54, 1.807) is 6.20 Å². The fourth-order valence-electron chi connectivity index (χ4n) is 1.92. The maximum Gasteiger partial charge on any atom is 0.215 e. The Morgan fingerprint density at radius 3 is 3.12 bits per heavy atom. The van der Waals surface area contributed by atoms with E-state index in [1.165, 1.54) is 5.70 Å². The summed E-state index contributed by atoms with van der Waals surface area (Å²) in [5, 5.41) is 3.07. The van der Waals surface area contributed by atoms with Crippen molar-refractivity contribution in [2.45, 2.75) is 12.8 Å². The van der Waals surface area contributed by atoms with Gasteiger partial charge in [-0.2, -0.15) is 0 Å². The Kier molecular flexibility index (Phi) is 3.85. The molecule has 1 aromatic heterocycles. The standard InChI is InChI=1S/C13H19N3O/c1-14-11-5-7-15-13(10-11)17-9-6-12-4-3-8-16(12)2/h4-5,7,10H,3,6,8-9H2,1-2H3,(H,14,15). The summed E-state index contributed by atoms with van der Waals surface area (Å²) in [5.74, 6) is 0.679. The molecule has 0 spiro atoms. The molecule has 0 unspecified atom stereocenters. The van der Waals surface area contributed by atoms with Gasteiger partial charge in [0.1, 0.15) is 0 Å². The summed E-state index contributed by atoms with van der Waals surface area (Å²) in [6.07, 6.45) is 6.13. The van der Waals surface area contributed by atoms with Crippen LogP contribution in [0.5, 0.6) is 5.88 Å². The molecule has 0 saturated heterocycles. The summed E-state index contributed by atoms with van der Waals surface area (Å²) in [6.45, 7) is 1.80. The van der Waals surface area contributed by atoms with Gasteiger partial charge in [0.2, 0.25) is 5.88 Å². The first-order valence-electron chi connectivity index (χ1n) is 5.96. The van der Waals surface area contributed by atoms with Crippen molar-refractivity contribution < 1.29 is 4.74 Å². The molecule has 0 aromatic carbocycles. The third kappa shape index (κ3) is 3.12. The molecule has 0 aliphatic carbocycles. The SMILES string of the molecule is CNc1ccnc(OCCC2=CCCN2C)c1. The Morgan fingerprint density at radius 2 is 2.41 bits per heavy atom. The molecule has 0 saturated carbocycles. The van der Waals surface area contributed by atoms with Crippen LogP contribution in [0.4, 0.5) is 5.69 Å². The van der Waals surface area contributed by atoms with Gasteiger partial charge in [-0.3, -0.25) is 0 Å². The van der Waals surface area contributed by atoms with Crippen LogP contribution in [0.2, 0.25) is 0 Å². The monoisotopic (exact) mass is 233 g/mol. The van der Waals surface area contributed by atoms with Crippen LogP contribution in [0.25, 0.3) is 0 Å². The topological polar surface area (TPSA) is 37.4 Å². The first-order chi connectivity index (χ1) is 8.29. The van der Waals surface area contributed by atoms with E-state index in [2.05, 4.69) is 28.3 Å². The van der Waals surface area contributed by atoms with Gasteiger partial charge in [0.15, 0.2) is 0 Å². The smallest absolute Gasteiger partial charge is 0.215 e. The summed E-state index contributed by atoms with van der Waals surface area (Å²) in [6, 6.07) is 3.83. The van der Waals surface area contributed by atoms with Gasteiger partial charge in [-0.15, -0.1) is 0 Å². The zero-order valence-electron chi connectivity index (χ0n) is 10.4. The summed E-state index contributed by atoms with van der Waals surface area (Å²) >= 11 is 0. The lowest BCUT2D eigenvalue weighted by Gasteiger charge is -2.16. The van der Waals surface area contributed by atoms with Crippen LogP contribution in [-0.4, -0.2) is 37.1 Å². The third-order valence-corrected chi connectivity index (χ3v) is 2.97. The van der Waals surface area contributed by atoms with Crippen LogP contribution in [0.15, 0.2) is 30.1 Å². The molecule has 0 bridgehead atoms. The summed E-state index contributed by atoms with van der Waals surface area (Å²) in [7, 11) is 4.01. The third-order valence-electron chi connectivity index (χ3n) is 2.97. The predicted molar refractivity (Wildman–Crippen MR) is 69.2 cm³/mol. The second-order valence-corrected chi connectivity index (χ2v) is 4.14. The van der Waals surface area contributed by atoms with Gasteiger partial charge in [0.25, 0.3) is 0 Å². The summed E-state index contributed by atoms with van der Waals surface area (Å²) in [5.41, 5.74) is 2.39. The minimum atomic E-state index is 0.677. The number of aromatic nitrogens is 1. The van der Waals surface area contributed by atoms with Crippen molar-refractivity contribution in [3.05, 3.63) is 30.1 Å². The molecule has 92 valence electrons. The number of pyridine rings is 1. The summed E-state index contributed by atoms with van der Waals surface area (Å²) < 4.78 is 5.64. The molecule has 1 aliphatic rings. The number of anilines is 1. The molecular formula is C13H19N3O. The molecule has 2 heterocycles. The van der Waals surface area contributed by atoms with E-state index >= 15 is 0 Å².